The van der Waals surface area contributed by atoms with Crippen LogP contribution in [0, 0.1) is 18.3 Å². The number of nitriles is 1. The molecule has 11 heteroatoms. The van der Waals surface area contributed by atoms with Crippen LogP contribution in [-0.2, 0) is 29.0 Å². The first-order valence-electron chi connectivity index (χ1n) is 13.7. The number of benzene rings is 2. The Bertz CT molecular complexity index is 1490. The van der Waals surface area contributed by atoms with Crippen molar-refractivity contribution in [1.82, 2.24) is 19.6 Å². The molecule has 0 aliphatic carbocycles. The number of fused-ring (bicyclic) bond motifs is 1. The maximum Gasteiger partial charge on any atom is 0.417 e. The Morgan fingerprint density at radius 2 is 1.88 bits per heavy atom. The molecule has 1 fully saturated rings. The van der Waals surface area contributed by atoms with E-state index in [2.05, 4.69) is 15.9 Å². The molecule has 2 aromatic carbocycles. The van der Waals surface area contributed by atoms with Gasteiger partial charge in [-0.1, -0.05) is 29.8 Å². The highest BCUT2D eigenvalue weighted by molar-refractivity contribution is 6.31. The van der Waals surface area contributed by atoms with Crippen LogP contribution in [0.15, 0.2) is 42.5 Å². The topological polar surface area (TPSA) is 115 Å². The first kappa shape index (κ1) is 28.6. The standard InChI is InChI=1S/C30H33ClN6O4/c1-20-15-22(7-8-26(20)31)29-25-19-36(30(40)41-21(2)38)10-9-28(25)37(33-29)18-24(39)17-34-11-13-35(14-12-34)27-6-4-3-5-23(27)16-32/h3-8,15,24,39H,9-14,17-19H2,1-2H3. The van der Waals surface area contributed by atoms with E-state index in [-0.39, 0.29) is 6.54 Å². The van der Waals surface area contributed by atoms with E-state index in [1.54, 1.807) is 0 Å². The molecule has 3 heterocycles. The molecule has 10 nitrogen and oxygen atoms in total. The maximum atomic E-state index is 12.5. The van der Waals surface area contributed by atoms with Crippen LogP contribution in [0.3, 0.4) is 0 Å². The monoisotopic (exact) mass is 576 g/mol. The highest BCUT2D eigenvalue weighted by Crippen LogP contribution is 2.32. The van der Waals surface area contributed by atoms with Crippen LogP contribution < -0.4 is 4.90 Å². The molecule has 1 atom stereocenters. The van der Waals surface area contributed by atoms with Crippen LogP contribution in [0.5, 0.6) is 0 Å². The third-order valence-corrected chi connectivity index (χ3v) is 8.07. The van der Waals surface area contributed by atoms with Gasteiger partial charge in [-0.15, -0.1) is 0 Å². The Labute approximate surface area is 244 Å². The Morgan fingerprint density at radius 1 is 1.12 bits per heavy atom. The lowest BCUT2D eigenvalue weighted by Crippen LogP contribution is -2.49. The van der Waals surface area contributed by atoms with Gasteiger partial charge in [0, 0.05) is 74.5 Å². The highest BCUT2D eigenvalue weighted by atomic mass is 35.5. The number of piperazine rings is 1. The van der Waals surface area contributed by atoms with Gasteiger partial charge in [0.2, 0.25) is 0 Å². The van der Waals surface area contributed by atoms with Gasteiger partial charge in [-0.2, -0.15) is 10.4 Å². The van der Waals surface area contributed by atoms with E-state index in [9.17, 15) is 20.0 Å². The summed E-state index contributed by atoms with van der Waals surface area (Å²) < 4.78 is 6.68. The first-order valence-corrected chi connectivity index (χ1v) is 14.1. The lowest BCUT2D eigenvalue weighted by atomic mass is 10.00. The quantitative estimate of drug-likeness (QED) is 0.350. The largest absolute Gasteiger partial charge is 0.417 e. The average Bonchev–Trinajstić information content (AvgIpc) is 3.31. The molecule has 214 valence electrons. The summed E-state index contributed by atoms with van der Waals surface area (Å²) in [4.78, 5) is 29.8. The van der Waals surface area contributed by atoms with Gasteiger partial charge >= 0.3 is 12.1 Å². The number of aryl methyl sites for hydroxylation is 1. The molecule has 2 aliphatic rings. The third kappa shape index (κ3) is 6.38. The first-order chi connectivity index (χ1) is 19.7. The minimum absolute atomic E-state index is 0.251. The zero-order valence-corrected chi connectivity index (χ0v) is 24.0. The summed E-state index contributed by atoms with van der Waals surface area (Å²) in [6.07, 6.45) is -0.811. The number of aromatic nitrogens is 2. The number of aliphatic hydroxyl groups is 1. The number of hydrogen-bond acceptors (Lipinski definition) is 8. The number of rotatable bonds is 6. The molecule has 1 N–H and O–H groups in total. The van der Waals surface area contributed by atoms with Crippen molar-refractivity contribution in [2.24, 2.45) is 0 Å². The van der Waals surface area contributed by atoms with Gasteiger partial charge in [0.1, 0.15) is 6.07 Å². The lowest BCUT2D eigenvalue weighted by Gasteiger charge is -2.37. The number of ether oxygens (including phenoxy) is 1. The second-order valence-corrected chi connectivity index (χ2v) is 10.9. The normalized spacial score (nSPS) is 16.2. The van der Waals surface area contributed by atoms with Gasteiger partial charge < -0.3 is 19.6 Å². The number of anilines is 1. The molecule has 0 radical (unpaired) electrons. The molecule has 0 spiro atoms. The Kier molecular flexibility index (Phi) is 8.59. The van der Waals surface area contributed by atoms with Crippen molar-refractivity contribution in [2.75, 3.05) is 44.2 Å². The predicted octanol–water partition coefficient (Wildman–Crippen LogP) is 3.61. The molecule has 3 aromatic rings. The highest BCUT2D eigenvalue weighted by Gasteiger charge is 2.30. The predicted molar refractivity (Wildman–Crippen MR) is 155 cm³/mol. The van der Waals surface area contributed by atoms with Crippen LogP contribution in [0.4, 0.5) is 10.5 Å². The number of carbonyl (C=O) groups excluding carboxylic acids is 2. The number of para-hydroxylation sites is 1. The molecule has 41 heavy (non-hydrogen) atoms. The van der Waals surface area contributed by atoms with Crippen LogP contribution >= 0.6 is 11.6 Å². The third-order valence-electron chi connectivity index (χ3n) is 7.64. The Hall–Kier alpha value is -3.91. The minimum Gasteiger partial charge on any atom is -0.390 e. The van der Waals surface area contributed by atoms with Crippen LogP contribution in [0.25, 0.3) is 11.3 Å². The Morgan fingerprint density at radius 3 is 2.59 bits per heavy atom. The summed E-state index contributed by atoms with van der Waals surface area (Å²) in [6.45, 7) is 7.66. The van der Waals surface area contributed by atoms with E-state index in [0.717, 1.165) is 59.9 Å². The van der Waals surface area contributed by atoms with Crippen LogP contribution in [0.2, 0.25) is 5.02 Å². The van der Waals surface area contributed by atoms with Gasteiger partial charge in [-0.3, -0.25) is 14.4 Å². The van der Waals surface area contributed by atoms with E-state index in [1.807, 2.05) is 54.1 Å². The molecule has 0 bridgehead atoms. The summed E-state index contributed by atoms with van der Waals surface area (Å²) in [5.74, 6) is -0.650. The van der Waals surface area contributed by atoms with Crippen molar-refractivity contribution in [1.29, 1.82) is 5.26 Å². The molecule has 5 rings (SSSR count). The summed E-state index contributed by atoms with van der Waals surface area (Å²) in [5, 5.41) is 26.1. The molecular weight excluding hydrogens is 544 g/mol. The number of hydrogen-bond donors (Lipinski definition) is 1. The van der Waals surface area contributed by atoms with Gasteiger partial charge in [0.25, 0.3) is 0 Å². The number of amides is 1. The zero-order valence-electron chi connectivity index (χ0n) is 23.2. The number of β-amino-alcohol motifs (C(OH)–C–C–N with tert-alkyl or cyclic N) is 1. The van der Waals surface area contributed by atoms with Gasteiger partial charge in [-0.05, 0) is 36.8 Å². The summed E-state index contributed by atoms with van der Waals surface area (Å²) in [6, 6.07) is 15.6. The molecular formula is C30H33ClN6O4. The number of carbonyl (C=O) groups is 2. The summed E-state index contributed by atoms with van der Waals surface area (Å²) in [7, 11) is 0. The SMILES string of the molecule is CC(=O)OC(=O)N1CCc2c(c(-c3ccc(Cl)c(C)c3)nn2CC(O)CN2CCN(c3ccccc3C#N)CC2)C1. The fraction of sp³-hybridized carbons (Fsp3) is 0.400. The number of aliphatic hydroxyl groups excluding tert-OH is 1. The molecule has 1 saturated heterocycles. The van der Waals surface area contributed by atoms with Gasteiger partial charge in [0.15, 0.2) is 0 Å². The van der Waals surface area contributed by atoms with Crippen molar-refractivity contribution in [3.8, 4) is 17.3 Å². The maximum absolute atomic E-state index is 12.5. The second kappa shape index (κ2) is 12.3. The van der Waals surface area contributed by atoms with Crippen molar-refractivity contribution in [3.63, 3.8) is 0 Å². The van der Waals surface area contributed by atoms with Crippen molar-refractivity contribution in [2.45, 2.75) is 39.5 Å². The van der Waals surface area contributed by atoms with E-state index >= 15 is 0 Å². The summed E-state index contributed by atoms with van der Waals surface area (Å²) >= 11 is 6.27. The summed E-state index contributed by atoms with van der Waals surface area (Å²) in [5.41, 5.74) is 5.94. The number of halogens is 1. The molecule has 1 unspecified atom stereocenters. The van der Waals surface area contributed by atoms with Crippen LogP contribution in [-0.4, -0.2) is 82.1 Å². The van der Waals surface area contributed by atoms with E-state index < -0.39 is 18.2 Å². The van der Waals surface area contributed by atoms with Crippen molar-refractivity contribution < 1.29 is 19.4 Å². The van der Waals surface area contributed by atoms with Crippen molar-refractivity contribution in [3.05, 3.63) is 69.9 Å². The number of esters is 1. The second-order valence-electron chi connectivity index (χ2n) is 10.5. The van der Waals surface area contributed by atoms with E-state index in [1.165, 1.54) is 11.8 Å². The lowest BCUT2D eigenvalue weighted by molar-refractivity contribution is -0.135. The fourth-order valence-corrected chi connectivity index (χ4v) is 5.70. The Balaban J connectivity index is 1.30. The zero-order chi connectivity index (χ0) is 29.1. The van der Waals surface area contributed by atoms with E-state index in [4.69, 9.17) is 21.4 Å². The van der Waals surface area contributed by atoms with Crippen LogP contribution in [0.1, 0.15) is 29.3 Å². The fourth-order valence-electron chi connectivity index (χ4n) is 5.58. The van der Waals surface area contributed by atoms with Crippen molar-refractivity contribution >= 4 is 29.4 Å². The number of nitrogens with zero attached hydrogens (tertiary/aromatic N) is 6. The molecule has 1 amide bonds. The minimum atomic E-state index is -0.675. The van der Waals surface area contributed by atoms with Gasteiger partial charge in [0.05, 0.1) is 36.1 Å². The smallest absolute Gasteiger partial charge is 0.390 e. The molecule has 2 aliphatic heterocycles. The molecule has 0 saturated carbocycles. The van der Waals surface area contributed by atoms with E-state index in [0.29, 0.717) is 36.6 Å². The van der Waals surface area contributed by atoms with Gasteiger partial charge in [-0.25, -0.2) is 4.79 Å². The average molecular weight is 577 g/mol. The molecule has 1 aromatic heterocycles.